The highest BCUT2D eigenvalue weighted by Gasteiger charge is 2.46. The van der Waals surface area contributed by atoms with Gasteiger partial charge in [-0.25, -0.2) is 0 Å². The number of ether oxygens (including phenoxy) is 5. The van der Waals surface area contributed by atoms with Crippen LogP contribution in [0, 0.1) is 17.8 Å². The molecule has 0 aromatic carbocycles. The lowest BCUT2D eigenvalue weighted by atomic mass is 10.1. The van der Waals surface area contributed by atoms with Crippen molar-refractivity contribution < 1.29 is 23.7 Å². The molecule has 0 aromatic heterocycles. The molecule has 1 aliphatic rings. The van der Waals surface area contributed by atoms with Gasteiger partial charge in [-0.2, -0.15) is 0 Å². The molecule has 0 N–H and O–H groups in total. The summed E-state index contributed by atoms with van der Waals surface area (Å²) in [6.45, 7) is 15.4. The second-order valence-electron chi connectivity index (χ2n) is 7.59. The van der Waals surface area contributed by atoms with E-state index in [9.17, 15) is 0 Å². The number of hydrogen-bond donors (Lipinski definition) is 0. The Balaban J connectivity index is 2.68. The van der Waals surface area contributed by atoms with E-state index in [1.54, 1.807) is 7.11 Å². The van der Waals surface area contributed by atoms with E-state index in [4.69, 9.17) is 23.7 Å². The van der Waals surface area contributed by atoms with Crippen LogP contribution in [0.2, 0.25) is 0 Å². The van der Waals surface area contributed by atoms with Crippen LogP contribution >= 0.6 is 0 Å². The van der Waals surface area contributed by atoms with Crippen LogP contribution in [0.1, 0.15) is 41.5 Å². The van der Waals surface area contributed by atoms with Crippen molar-refractivity contribution in [3.8, 4) is 0 Å². The molecule has 1 saturated heterocycles. The van der Waals surface area contributed by atoms with Crippen LogP contribution in [0.4, 0.5) is 0 Å². The third kappa shape index (κ3) is 7.48. The van der Waals surface area contributed by atoms with E-state index in [1.165, 1.54) is 0 Å². The van der Waals surface area contributed by atoms with E-state index in [-0.39, 0.29) is 18.3 Å². The van der Waals surface area contributed by atoms with Crippen LogP contribution in [0.5, 0.6) is 0 Å². The molecule has 0 spiro atoms. The van der Waals surface area contributed by atoms with Crippen molar-refractivity contribution in [1.82, 2.24) is 0 Å². The van der Waals surface area contributed by atoms with Crippen LogP contribution in [0.25, 0.3) is 0 Å². The Kier molecular flexibility index (Phi) is 9.63. The molecule has 5 heteroatoms. The zero-order chi connectivity index (χ0) is 17.4. The summed E-state index contributed by atoms with van der Waals surface area (Å²) in [6.07, 6.45) is -0.935. The highest BCUT2D eigenvalue weighted by molar-refractivity contribution is 4.89. The van der Waals surface area contributed by atoms with Crippen LogP contribution < -0.4 is 0 Å². The molecule has 1 fully saturated rings. The maximum Gasteiger partial charge on any atom is 0.186 e. The largest absolute Gasteiger partial charge is 0.378 e. The summed E-state index contributed by atoms with van der Waals surface area (Å²) in [4.78, 5) is 0. The van der Waals surface area contributed by atoms with Gasteiger partial charge >= 0.3 is 0 Å². The first-order valence-electron chi connectivity index (χ1n) is 8.84. The molecule has 0 amide bonds. The lowest BCUT2D eigenvalue weighted by Crippen LogP contribution is -2.41. The fourth-order valence-electron chi connectivity index (χ4n) is 2.42. The number of methoxy groups -OCH3 is 1. The summed E-state index contributed by atoms with van der Waals surface area (Å²) in [7, 11) is 1.65. The first kappa shape index (κ1) is 20.8. The van der Waals surface area contributed by atoms with Crippen molar-refractivity contribution in [2.45, 2.75) is 66.1 Å². The third-order valence-corrected chi connectivity index (χ3v) is 3.48. The Morgan fingerprint density at radius 2 is 1.30 bits per heavy atom. The third-order valence-electron chi connectivity index (χ3n) is 3.48. The normalized spacial score (nSPS) is 28.4. The molecule has 138 valence electrons. The minimum Gasteiger partial charge on any atom is -0.378 e. The van der Waals surface area contributed by atoms with Gasteiger partial charge < -0.3 is 23.7 Å². The Labute approximate surface area is 142 Å². The van der Waals surface area contributed by atoms with Gasteiger partial charge in [0.05, 0.1) is 6.61 Å². The van der Waals surface area contributed by atoms with Gasteiger partial charge in [0.25, 0.3) is 0 Å². The molecule has 0 unspecified atom stereocenters. The summed E-state index contributed by atoms with van der Waals surface area (Å²) in [5, 5.41) is 0. The Bertz CT molecular complexity index is 306. The van der Waals surface area contributed by atoms with Crippen molar-refractivity contribution in [2.24, 2.45) is 17.8 Å². The molecule has 1 heterocycles. The van der Waals surface area contributed by atoms with Crippen LogP contribution in [-0.2, 0) is 23.7 Å². The Morgan fingerprint density at radius 3 is 1.78 bits per heavy atom. The molecule has 0 aromatic rings. The SMILES string of the molecule is CO[C@H]1O[C@H](COCC(C)C)[C@@H](OCC(C)C)[C@H]1OCC(C)C. The monoisotopic (exact) mass is 332 g/mol. The van der Waals surface area contributed by atoms with Gasteiger partial charge in [0, 0.05) is 26.9 Å². The summed E-state index contributed by atoms with van der Waals surface area (Å²) >= 11 is 0. The van der Waals surface area contributed by atoms with E-state index in [0.717, 1.165) is 0 Å². The molecule has 4 atom stereocenters. The number of rotatable bonds is 11. The maximum atomic E-state index is 6.10. The molecule has 1 rings (SSSR count). The van der Waals surface area contributed by atoms with E-state index in [1.807, 2.05) is 0 Å². The van der Waals surface area contributed by atoms with Crippen molar-refractivity contribution >= 4 is 0 Å². The maximum absolute atomic E-state index is 6.10. The van der Waals surface area contributed by atoms with E-state index < -0.39 is 6.29 Å². The topological polar surface area (TPSA) is 46.2 Å². The lowest BCUT2D eigenvalue weighted by molar-refractivity contribution is -0.170. The fourth-order valence-corrected chi connectivity index (χ4v) is 2.42. The average Bonchev–Trinajstić information content (AvgIpc) is 2.79. The predicted octanol–water partition coefficient (Wildman–Crippen LogP) is 3.11. The molecule has 5 nitrogen and oxygen atoms in total. The lowest BCUT2D eigenvalue weighted by Gasteiger charge is -2.26. The van der Waals surface area contributed by atoms with Gasteiger partial charge in [-0.1, -0.05) is 41.5 Å². The van der Waals surface area contributed by atoms with Gasteiger partial charge in [0.15, 0.2) is 6.29 Å². The zero-order valence-electron chi connectivity index (χ0n) is 15.9. The molecule has 23 heavy (non-hydrogen) atoms. The number of hydrogen-bond acceptors (Lipinski definition) is 5. The molecule has 0 aliphatic carbocycles. The molecular formula is C18H36O5. The summed E-state index contributed by atoms with van der Waals surface area (Å²) in [5.41, 5.74) is 0. The van der Waals surface area contributed by atoms with Gasteiger partial charge in [-0.3, -0.25) is 0 Å². The Morgan fingerprint density at radius 1 is 0.783 bits per heavy atom. The summed E-state index contributed by atoms with van der Waals surface area (Å²) in [6, 6.07) is 0. The average molecular weight is 332 g/mol. The summed E-state index contributed by atoms with van der Waals surface area (Å²) in [5.74, 6) is 1.41. The molecule has 0 bridgehead atoms. The fraction of sp³-hybridized carbons (Fsp3) is 1.00. The van der Waals surface area contributed by atoms with Gasteiger partial charge in [0.2, 0.25) is 0 Å². The van der Waals surface area contributed by atoms with Crippen molar-refractivity contribution in [3.05, 3.63) is 0 Å². The highest BCUT2D eigenvalue weighted by Crippen LogP contribution is 2.28. The van der Waals surface area contributed by atoms with Crippen LogP contribution in [0.15, 0.2) is 0 Å². The molecular weight excluding hydrogens is 296 g/mol. The highest BCUT2D eigenvalue weighted by atomic mass is 16.7. The molecule has 0 radical (unpaired) electrons. The van der Waals surface area contributed by atoms with Crippen LogP contribution in [0.3, 0.4) is 0 Å². The summed E-state index contributed by atoms with van der Waals surface area (Å²) < 4.78 is 29.4. The van der Waals surface area contributed by atoms with Crippen molar-refractivity contribution in [1.29, 1.82) is 0 Å². The standard InChI is InChI=1S/C18H36O5/c1-12(2)8-20-11-15-16(21-9-13(3)4)17(18(19-7)23-15)22-10-14(5)6/h12-18H,8-11H2,1-7H3/t15-,16-,17-,18+/m1/s1. The first-order chi connectivity index (χ1) is 10.8. The smallest absolute Gasteiger partial charge is 0.186 e. The predicted molar refractivity (Wildman–Crippen MR) is 90.5 cm³/mol. The second kappa shape index (κ2) is 10.6. The zero-order valence-corrected chi connectivity index (χ0v) is 15.9. The minimum atomic E-state index is -0.404. The van der Waals surface area contributed by atoms with Crippen molar-refractivity contribution in [2.75, 3.05) is 33.5 Å². The second-order valence-corrected chi connectivity index (χ2v) is 7.59. The van der Waals surface area contributed by atoms with E-state index >= 15 is 0 Å². The molecule has 0 saturated carbocycles. The van der Waals surface area contributed by atoms with Gasteiger partial charge in [-0.15, -0.1) is 0 Å². The van der Waals surface area contributed by atoms with Crippen molar-refractivity contribution in [3.63, 3.8) is 0 Å². The Hall–Kier alpha value is -0.200. The molecule has 1 aliphatic heterocycles. The van der Waals surface area contributed by atoms with E-state index in [0.29, 0.717) is 44.2 Å². The first-order valence-corrected chi connectivity index (χ1v) is 8.84. The van der Waals surface area contributed by atoms with E-state index in [2.05, 4.69) is 41.5 Å². The van der Waals surface area contributed by atoms with Gasteiger partial charge in [-0.05, 0) is 17.8 Å². The van der Waals surface area contributed by atoms with Crippen LogP contribution in [-0.4, -0.2) is 58.1 Å². The quantitative estimate of drug-likeness (QED) is 0.582. The minimum absolute atomic E-state index is 0.158. The van der Waals surface area contributed by atoms with Gasteiger partial charge in [0.1, 0.15) is 18.3 Å².